The first-order valence-electron chi connectivity index (χ1n) is 9.81. The van der Waals surface area contributed by atoms with Gasteiger partial charge in [-0.05, 0) is 63.4 Å². The van der Waals surface area contributed by atoms with E-state index in [0.29, 0.717) is 35.0 Å². The molecule has 5 nitrogen and oxygen atoms in total. The van der Waals surface area contributed by atoms with Crippen LogP contribution in [0.25, 0.3) is 22.8 Å². The fourth-order valence-corrected chi connectivity index (χ4v) is 4.21. The average Bonchev–Trinajstić information content (AvgIpc) is 3.36. The van der Waals surface area contributed by atoms with E-state index in [1.54, 1.807) is 0 Å². The molecule has 146 valence electrons. The van der Waals surface area contributed by atoms with Crippen molar-refractivity contribution in [3.8, 4) is 28.6 Å². The Bertz CT molecular complexity index is 970. The van der Waals surface area contributed by atoms with Gasteiger partial charge >= 0.3 is 0 Å². The van der Waals surface area contributed by atoms with E-state index < -0.39 is 0 Å². The number of aromatic nitrogens is 3. The number of ether oxygens (including phenoxy) is 1. The van der Waals surface area contributed by atoms with E-state index in [0.717, 1.165) is 28.1 Å². The number of benzene rings is 1. The number of aryl methyl sites for hydroxylation is 2. The van der Waals surface area contributed by atoms with Crippen LogP contribution < -0.4 is 4.74 Å². The predicted octanol–water partition coefficient (Wildman–Crippen LogP) is 6.13. The minimum absolute atomic E-state index is 0.502. The first kappa shape index (κ1) is 18.9. The first-order chi connectivity index (χ1) is 13.5. The molecule has 6 heteroatoms. The highest BCUT2D eigenvalue weighted by Crippen LogP contribution is 2.36. The Morgan fingerprint density at radius 2 is 1.86 bits per heavy atom. The van der Waals surface area contributed by atoms with Crippen molar-refractivity contribution in [1.29, 1.82) is 0 Å². The Balaban J connectivity index is 1.67. The van der Waals surface area contributed by atoms with E-state index in [2.05, 4.69) is 16.2 Å². The lowest BCUT2D eigenvalue weighted by molar-refractivity contribution is 0.338. The third-order valence-electron chi connectivity index (χ3n) is 5.20. The molecule has 2 heterocycles. The minimum atomic E-state index is 0.502. The van der Waals surface area contributed by atoms with Crippen molar-refractivity contribution in [3.63, 3.8) is 0 Å². The Labute approximate surface area is 170 Å². The van der Waals surface area contributed by atoms with Crippen molar-refractivity contribution in [2.24, 2.45) is 0 Å². The summed E-state index contributed by atoms with van der Waals surface area (Å²) >= 11 is 6.38. The van der Waals surface area contributed by atoms with Crippen LogP contribution in [-0.2, 0) is 0 Å². The van der Waals surface area contributed by atoms with Crippen molar-refractivity contribution in [1.82, 2.24) is 15.1 Å². The molecule has 0 N–H and O–H groups in total. The summed E-state index contributed by atoms with van der Waals surface area (Å²) in [6, 6.07) is 7.87. The van der Waals surface area contributed by atoms with Gasteiger partial charge in [0.25, 0.3) is 5.89 Å². The van der Waals surface area contributed by atoms with Crippen molar-refractivity contribution >= 4 is 11.6 Å². The molecule has 2 aromatic heterocycles. The van der Waals surface area contributed by atoms with Crippen molar-refractivity contribution in [2.75, 3.05) is 6.61 Å². The van der Waals surface area contributed by atoms with Gasteiger partial charge in [0.1, 0.15) is 5.75 Å². The maximum absolute atomic E-state index is 6.38. The smallest absolute Gasteiger partial charge is 0.258 e. The fraction of sp³-hybridized carbons (Fsp3) is 0.409. The molecule has 1 fully saturated rings. The normalized spacial score (nSPS) is 14.6. The van der Waals surface area contributed by atoms with Gasteiger partial charge in [0.05, 0.1) is 11.6 Å². The summed E-state index contributed by atoms with van der Waals surface area (Å²) in [6.07, 6.45) is 4.96. The van der Waals surface area contributed by atoms with Gasteiger partial charge in [0.15, 0.2) is 0 Å². The van der Waals surface area contributed by atoms with Crippen LogP contribution in [0, 0.1) is 13.8 Å². The highest BCUT2D eigenvalue weighted by molar-refractivity contribution is 6.32. The lowest BCUT2D eigenvalue weighted by atomic mass is 10.0. The number of nitrogens with zero attached hydrogens (tertiary/aromatic N) is 3. The Hall–Kier alpha value is -2.40. The molecule has 1 aliphatic rings. The maximum atomic E-state index is 6.38. The van der Waals surface area contributed by atoms with Crippen molar-refractivity contribution in [3.05, 3.63) is 46.2 Å². The van der Waals surface area contributed by atoms with Gasteiger partial charge in [-0.25, -0.2) is 0 Å². The number of hydrogen-bond acceptors (Lipinski definition) is 5. The molecule has 1 aromatic carbocycles. The van der Waals surface area contributed by atoms with Gasteiger partial charge in [-0.3, -0.25) is 4.98 Å². The highest BCUT2D eigenvalue weighted by atomic mass is 35.5. The molecule has 1 saturated carbocycles. The Morgan fingerprint density at radius 1 is 1.07 bits per heavy atom. The van der Waals surface area contributed by atoms with Gasteiger partial charge in [-0.1, -0.05) is 29.6 Å². The van der Waals surface area contributed by atoms with Crippen LogP contribution in [0.15, 0.2) is 28.8 Å². The molecule has 0 atom stereocenters. The molecule has 0 bridgehead atoms. The van der Waals surface area contributed by atoms with Gasteiger partial charge in [0.2, 0.25) is 5.82 Å². The molecule has 0 aliphatic heterocycles. The zero-order valence-corrected chi connectivity index (χ0v) is 17.2. The standard InChI is InChI=1S/C22H24ClN3O2/c1-4-27-20-13(2)9-16(11-18(20)23)21-25-22(28-26-21)17-10-14(3)24-19(12-17)15-7-5-6-8-15/h9-12,15H,4-8H2,1-3H3. The van der Waals surface area contributed by atoms with Gasteiger partial charge in [0, 0.05) is 28.4 Å². The molecule has 0 amide bonds. The molecular weight excluding hydrogens is 374 g/mol. The second-order valence-electron chi connectivity index (χ2n) is 7.36. The summed E-state index contributed by atoms with van der Waals surface area (Å²) in [6.45, 7) is 6.47. The number of rotatable bonds is 5. The van der Waals surface area contributed by atoms with Crippen molar-refractivity contribution < 1.29 is 9.26 Å². The highest BCUT2D eigenvalue weighted by Gasteiger charge is 2.21. The lowest BCUT2D eigenvalue weighted by Gasteiger charge is -2.10. The van der Waals surface area contributed by atoms with Crippen LogP contribution in [0.5, 0.6) is 5.75 Å². The van der Waals surface area contributed by atoms with E-state index in [1.807, 2.05) is 39.0 Å². The molecule has 0 saturated heterocycles. The monoisotopic (exact) mass is 397 g/mol. The Kier molecular flexibility index (Phi) is 5.36. The van der Waals surface area contributed by atoms with Gasteiger partial charge in [-0.2, -0.15) is 4.98 Å². The van der Waals surface area contributed by atoms with E-state index >= 15 is 0 Å². The summed E-state index contributed by atoms with van der Waals surface area (Å²) in [5.41, 5.74) is 4.77. The van der Waals surface area contributed by atoms with Crippen LogP contribution in [0.1, 0.15) is 55.5 Å². The molecule has 0 unspecified atom stereocenters. The summed E-state index contributed by atoms with van der Waals surface area (Å²) in [7, 11) is 0. The zero-order chi connectivity index (χ0) is 19.7. The lowest BCUT2D eigenvalue weighted by Crippen LogP contribution is -1.99. The topological polar surface area (TPSA) is 61.0 Å². The predicted molar refractivity (Wildman–Crippen MR) is 110 cm³/mol. The summed E-state index contributed by atoms with van der Waals surface area (Å²) in [5, 5.41) is 4.72. The zero-order valence-electron chi connectivity index (χ0n) is 16.5. The van der Waals surface area contributed by atoms with Crippen LogP contribution in [0.2, 0.25) is 5.02 Å². The molecule has 0 radical (unpaired) electrons. The first-order valence-corrected chi connectivity index (χ1v) is 10.2. The van der Waals surface area contributed by atoms with Crippen LogP contribution in [0.4, 0.5) is 0 Å². The molecular formula is C22H24ClN3O2. The number of pyridine rings is 1. The Morgan fingerprint density at radius 3 is 2.57 bits per heavy atom. The fourth-order valence-electron chi connectivity index (χ4n) is 3.89. The van der Waals surface area contributed by atoms with Crippen molar-refractivity contribution in [2.45, 2.75) is 52.4 Å². The van der Waals surface area contributed by atoms with E-state index in [9.17, 15) is 0 Å². The number of halogens is 1. The summed E-state index contributed by atoms with van der Waals surface area (Å²) in [5.74, 6) is 2.25. The molecule has 3 aromatic rings. The van der Waals surface area contributed by atoms with E-state index in [1.165, 1.54) is 25.7 Å². The second kappa shape index (κ2) is 7.92. The average molecular weight is 398 g/mol. The number of hydrogen-bond donors (Lipinski definition) is 0. The maximum Gasteiger partial charge on any atom is 0.258 e. The molecule has 0 spiro atoms. The van der Waals surface area contributed by atoms with Gasteiger partial charge < -0.3 is 9.26 Å². The van der Waals surface area contributed by atoms with E-state index in [-0.39, 0.29) is 0 Å². The SMILES string of the molecule is CCOc1c(C)cc(-c2noc(-c3cc(C)nc(C4CCCC4)c3)n2)cc1Cl. The van der Waals surface area contributed by atoms with Crippen LogP contribution >= 0.6 is 11.6 Å². The third-order valence-corrected chi connectivity index (χ3v) is 5.48. The molecule has 1 aliphatic carbocycles. The van der Waals surface area contributed by atoms with Gasteiger partial charge in [-0.15, -0.1) is 0 Å². The van der Waals surface area contributed by atoms with Crippen LogP contribution in [0.3, 0.4) is 0 Å². The third kappa shape index (κ3) is 3.76. The summed E-state index contributed by atoms with van der Waals surface area (Å²) in [4.78, 5) is 9.35. The molecule has 28 heavy (non-hydrogen) atoms. The van der Waals surface area contributed by atoms with E-state index in [4.69, 9.17) is 25.8 Å². The quantitative estimate of drug-likeness (QED) is 0.518. The second-order valence-corrected chi connectivity index (χ2v) is 7.77. The minimum Gasteiger partial charge on any atom is -0.492 e. The summed E-state index contributed by atoms with van der Waals surface area (Å²) < 4.78 is 11.2. The van der Waals surface area contributed by atoms with Crippen LogP contribution in [-0.4, -0.2) is 21.7 Å². The molecule has 4 rings (SSSR count). The largest absolute Gasteiger partial charge is 0.492 e.